The minimum absolute atomic E-state index is 0.0321. The van der Waals surface area contributed by atoms with E-state index in [1.54, 1.807) is 6.92 Å². The van der Waals surface area contributed by atoms with Crippen LogP contribution in [-0.4, -0.2) is 21.7 Å². The van der Waals surface area contributed by atoms with E-state index in [4.69, 9.17) is 0 Å². The number of hydrogen-bond acceptors (Lipinski definition) is 4. The Morgan fingerprint density at radius 2 is 2.00 bits per heavy atom. The summed E-state index contributed by atoms with van der Waals surface area (Å²) in [7, 11) is 0. The molecule has 2 rings (SSSR count). The van der Waals surface area contributed by atoms with Crippen molar-refractivity contribution in [1.82, 2.24) is 10.3 Å². The van der Waals surface area contributed by atoms with Gasteiger partial charge in [0.2, 0.25) is 5.91 Å². The summed E-state index contributed by atoms with van der Waals surface area (Å²) in [5.41, 5.74) is 1.20. The number of carbonyl (C=O) groups excluding carboxylic acids is 1. The highest BCUT2D eigenvalue weighted by atomic mass is 32.2. The zero-order valence-electron chi connectivity index (χ0n) is 14.8. The van der Waals surface area contributed by atoms with Crippen LogP contribution in [0.25, 0.3) is 10.9 Å². The fourth-order valence-electron chi connectivity index (χ4n) is 2.27. The van der Waals surface area contributed by atoms with Gasteiger partial charge in [-0.2, -0.15) is 5.26 Å². The molecule has 4 nitrogen and oxygen atoms in total. The summed E-state index contributed by atoms with van der Waals surface area (Å²) in [5.74, 6) is -0.116. The molecule has 0 saturated heterocycles. The number of rotatable bonds is 5. The molecule has 24 heavy (non-hydrogen) atoms. The van der Waals surface area contributed by atoms with Gasteiger partial charge < -0.3 is 5.32 Å². The average molecular weight is 341 g/mol. The van der Waals surface area contributed by atoms with Crippen LogP contribution in [0.4, 0.5) is 0 Å². The molecule has 1 N–H and O–H groups in total. The molecule has 5 heteroatoms. The second-order valence-electron chi connectivity index (χ2n) is 6.51. The van der Waals surface area contributed by atoms with Gasteiger partial charge in [0, 0.05) is 5.39 Å². The molecule has 0 radical (unpaired) electrons. The van der Waals surface area contributed by atoms with E-state index in [2.05, 4.69) is 16.4 Å². The number of thioether (sulfide) groups is 1. The standard InChI is InChI=1S/C19H23N3OS/c1-12(2)19(5,11-20)22-18(23)14(4)24-17-10-13(3)15-8-6-7-9-16(15)21-17/h6-10,12,14H,1-5H3,(H,22,23)/t14-,19-/m0/s1. The number of nitriles is 1. The molecule has 0 saturated carbocycles. The van der Waals surface area contributed by atoms with Crippen LogP contribution in [0.1, 0.15) is 33.3 Å². The second-order valence-corrected chi connectivity index (χ2v) is 7.87. The van der Waals surface area contributed by atoms with E-state index < -0.39 is 5.54 Å². The fraction of sp³-hybridized carbons (Fsp3) is 0.421. The Balaban J connectivity index is 2.16. The van der Waals surface area contributed by atoms with Gasteiger partial charge >= 0.3 is 0 Å². The van der Waals surface area contributed by atoms with Crippen molar-refractivity contribution in [2.24, 2.45) is 5.92 Å². The number of amides is 1. The first kappa shape index (κ1) is 18.3. The predicted molar refractivity (Wildman–Crippen MR) is 98.8 cm³/mol. The van der Waals surface area contributed by atoms with Crippen molar-refractivity contribution < 1.29 is 4.79 Å². The molecule has 1 heterocycles. The molecule has 0 aliphatic carbocycles. The van der Waals surface area contributed by atoms with Crippen LogP contribution in [0, 0.1) is 24.2 Å². The number of para-hydroxylation sites is 1. The number of nitrogens with one attached hydrogen (secondary N) is 1. The predicted octanol–water partition coefficient (Wildman–Crippen LogP) is 4.08. The zero-order chi connectivity index (χ0) is 17.9. The maximum Gasteiger partial charge on any atom is 0.234 e. The number of pyridine rings is 1. The molecular formula is C19H23N3OS. The van der Waals surface area contributed by atoms with Gasteiger partial charge in [0.05, 0.1) is 21.9 Å². The van der Waals surface area contributed by atoms with E-state index in [-0.39, 0.29) is 17.1 Å². The molecule has 0 spiro atoms. The first-order valence-electron chi connectivity index (χ1n) is 8.03. The molecule has 1 aromatic carbocycles. The summed E-state index contributed by atoms with van der Waals surface area (Å²) in [6.45, 7) is 9.49. The molecule has 0 fully saturated rings. The number of hydrogen-bond donors (Lipinski definition) is 1. The topological polar surface area (TPSA) is 65.8 Å². The lowest BCUT2D eigenvalue weighted by molar-refractivity contribution is -0.121. The van der Waals surface area contributed by atoms with Crippen LogP contribution in [0.5, 0.6) is 0 Å². The van der Waals surface area contributed by atoms with Crippen molar-refractivity contribution in [3.8, 4) is 6.07 Å². The molecule has 126 valence electrons. The highest BCUT2D eigenvalue weighted by Crippen LogP contribution is 2.27. The molecular weight excluding hydrogens is 318 g/mol. The highest BCUT2D eigenvalue weighted by Gasteiger charge is 2.31. The van der Waals surface area contributed by atoms with Crippen molar-refractivity contribution in [3.63, 3.8) is 0 Å². The van der Waals surface area contributed by atoms with Gasteiger partial charge in [-0.3, -0.25) is 4.79 Å². The van der Waals surface area contributed by atoms with E-state index >= 15 is 0 Å². The zero-order valence-corrected chi connectivity index (χ0v) is 15.6. The summed E-state index contributed by atoms with van der Waals surface area (Å²) >= 11 is 1.41. The van der Waals surface area contributed by atoms with Crippen molar-refractivity contribution in [2.75, 3.05) is 0 Å². The molecule has 2 atom stereocenters. The number of nitrogens with zero attached hydrogens (tertiary/aromatic N) is 2. The SMILES string of the molecule is Cc1cc(S[C@@H](C)C(=O)N[C@@](C)(C#N)C(C)C)nc2ccccc12. The van der Waals surface area contributed by atoms with Gasteiger partial charge in [-0.1, -0.05) is 43.8 Å². The molecule has 0 aliphatic rings. The third kappa shape index (κ3) is 3.88. The maximum absolute atomic E-state index is 12.5. The lowest BCUT2D eigenvalue weighted by Gasteiger charge is -2.28. The quantitative estimate of drug-likeness (QED) is 0.832. The Labute approximate surface area is 147 Å². The average Bonchev–Trinajstić information content (AvgIpc) is 2.54. The van der Waals surface area contributed by atoms with Gasteiger partial charge in [-0.25, -0.2) is 4.98 Å². The van der Waals surface area contributed by atoms with Crippen molar-refractivity contribution >= 4 is 28.6 Å². The minimum atomic E-state index is -0.862. The third-order valence-corrected chi connectivity index (χ3v) is 5.35. The van der Waals surface area contributed by atoms with Crippen LogP contribution in [0.2, 0.25) is 0 Å². The molecule has 1 aromatic heterocycles. The van der Waals surface area contributed by atoms with Gasteiger partial charge in [-0.15, -0.1) is 0 Å². The van der Waals surface area contributed by atoms with E-state index in [1.807, 2.05) is 58.0 Å². The lowest BCUT2D eigenvalue weighted by Crippen LogP contribution is -2.51. The lowest BCUT2D eigenvalue weighted by atomic mass is 9.90. The Morgan fingerprint density at radius 3 is 2.62 bits per heavy atom. The van der Waals surface area contributed by atoms with Crippen LogP contribution in [-0.2, 0) is 4.79 Å². The summed E-state index contributed by atoms with van der Waals surface area (Å²) < 4.78 is 0. The molecule has 0 bridgehead atoms. The highest BCUT2D eigenvalue weighted by molar-refractivity contribution is 8.00. The van der Waals surface area contributed by atoms with E-state index in [0.717, 1.165) is 21.5 Å². The Hall–Kier alpha value is -2.06. The smallest absolute Gasteiger partial charge is 0.234 e. The Morgan fingerprint density at radius 1 is 1.33 bits per heavy atom. The summed E-state index contributed by atoms with van der Waals surface area (Å²) in [5, 5.41) is 13.8. The molecule has 0 unspecified atom stereocenters. The first-order valence-corrected chi connectivity index (χ1v) is 8.91. The van der Waals surface area contributed by atoms with Gasteiger partial charge in [-0.05, 0) is 44.4 Å². The number of fused-ring (bicyclic) bond motifs is 1. The third-order valence-electron chi connectivity index (χ3n) is 4.34. The second kappa shape index (κ2) is 7.23. The number of benzene rings is 1. The fourth-order valence-corrected chi connectivity index (χ4v) is 3.20. The number of carbonyl (C=O) groups is 1. The summed E-state index contributed by atoms with van der Waals surface area (Å²) in [6, 6.07) is 12.2. The summed E-state index contributed by atoms with van der Waals surface area (Å²) in [6.07, 6.45) is 0. The first-order chi connectivity index (χ1) is 11.3. The normalized spacial score (nSPS) is 14.9. The monoisotopic (exact) mass is 341 g/mol. The van der Waals surface area contributed by atoms with Crippen molar-refractivity contribution in [3.05, 3.63) is 35.9 Å². The largest absolute Gasteiger partial charge is 0.337 e. The van der Waals surface area contributed by atoms with E-state index in [0.29, 0.717) is 0 Å². The number of aryl methyl sites for hydroxylation is 1. The van der Waals surface area contributed by atoms with Crippen molar-refractivity contribution in [1.29, 1.82) is 5.26 Å². The van der Waals surface area contributed by atoms with Crippen LogP contribution in [0.3, 0.4) is 0 Å². The summed E-state index contributed by atoms with van der Waals surface area (Å²) in [4.78, 5) is 17.1. The number of aromatic nitrogens is 1. The van der Waals surface area contributed by atoms with Gasteiger partial charge in [0.25, 0.3) is 0 Å². The Kier molecular flexibility index (Phi) is 5.51. The molecule has 1 amide bonds. The van der Waals surface area contributed by atoms with E-state index in [9.17, 15) is 10.1 Å². The molecule has 0 aliphatic heterocycles. The Bertz CT molecular complexity index is 797. The van der Waals surface area contributed by atoms with Gasteiger partial charge in [0.15, 0.2) is 0 Å². The van der Waals surface area contributed by atoms with Crippen LogP contribution < -0.4 is 5.32 Å². The molecule has 2 aromatic rings. The minimum Gasteiger partial charge on any atom is -0.337 e. The van der Waals surface area contributed by atoms with Crippen LogP contribution in [0.15, 0.2) is 35.4 Å². The van der Waals surface area contributed by atoms with Crippen molar-refractivity contribution in [2.45, 2.75) is 50.4 Å². The maximum atomic E-state index is 12.5. The van der Waals surface area contributed by atoms with Gasteiger partial charge in [0.1, 0.15) is 5.54 Å². The van der Waals surface area contributed by atoms with Crippen LogP contribution >= 0.6 is 11.8 Å². The van der Waals surface area contributed by atoms with E-state index in [1.165, 1.54) is 11.8 Å².